The van der Waals surface area contributed by atoms with Gasteiger partial charge in [-0.2, -0.15) is 4.58 Å². The average Bonchev–Trinajstić information content (AvgIpc) is 3.92. The van der Waals surface area contributed by atoms with E-state index in [-0.39, 0.29) is 10.8 Å². The smallest absolute Gasteiger partial charge is 0.210 e. The van der Waals surface area contributed by atoms with Crippen molar-refractivity contribution in [3.05, 3.63) is 92.7 Å². The number of anilines is 1. The zero-order valence-corrected chi connectivity index (χ0v) is 33.0. The van der Waals surface area contributed by atoms with Crippen LogP contribution in [0.1, 0.15) is 132 Å². The van der Waals surface area contributed by atoms with Crippen LogP contribution in [0.3, 0.4) is 0 Å². The van der Waals surface area contributed by atoms with Crippen molar-refractivity contribution in [2.45, 2.75) is 135 Å². The van der Waals surface area contributed by atoms with Crippen molar-refractivity contribution < 1.29 is 14.0 Å². The lowest BCUT2D eigenvalue weighted by atomic mass is 9.75. The van der Waals surface area contributed by atoms with E-state index >= 15 is 0 Å². The average molecular weight is 708 g/mol. The minimum absolute atomic E-state index is 0.0570. The predicted molar refractivity (Wildman–Crippen MR) is 215 cm³/mol. The first kappa shape index (κ1) is 36.1. The first-order valence-electron chi connectivity index (χ1n) is 20.1. The SMILES string of the molecule is CCCCN1/C(=C\C=C2/CCCC(/C=C/C3=[N+](CCCC)c4cc(C)c(OC)cc4C34CCCC4)=C2Cl)C2(CCCC2)c2cc(OC)c(C)cc21. The van der Waals surface area contributed by atoms with Gasteiger partial charge in [0.05, 0.1) is 19.6 Å². The molecule has 7 rings (SSSR count). The number of fused-ring (bicyclic) bond motifs is 4. The van der Waals surface area contributed by atoms with Gasteiger partial charge in [-0.05, 0) is 117 Å². The Hall–Kier alpha value is -3.24. The van der Waals surface area contributed by atoms with Crippen molar-refractivity contribution in [1.29, 1.82) is 0 Å². The van der Waals surface area contributed by atoms with Crippen LogP contribution in [0, 0.1) is 13.8 Å². The molecular formula is C46H60ClN2O2+. The molecule has 0 bridgehead atoms. The summed E-state index contributed by atoms with van der Waals surface area (Å²) >= 11 is 7.42. The molecule has 2 aliphatic heterocycles. The van der Waals surface area contributed by atoms with Crippen molar-refractivity contribution in [2.24, 2.45) is 0 Å². The van der Waals surface area contributed by atoms with Crippen LogP contribution in [-0.4, -0.2) is 37.6 Å². The third-order valence-corrected chi connectivity index (χ3v) is 13.4. The van der Waals surface area contributed by atoms with Gasteiger partial charge in [0.25, 0.3) is 0 Å². The topological polar surface area (TPSA) is 24.7 Å². The molecule has 51 heavy (non-hydrogen) atoms. The number of allylic oxidation sites excluding steroid dienone is 8. The molecule has 5 aliphatic rings. The molecule has 0 atom stereocenters. The predicted octanol–water partition coefficient (Wildman–Crippen LogP) is 12.2. The highest BCUT2D eigenvalue weighted by Gasteiger charge is 2.53. The van der Waals surface area contributed by atoms with Gasteiger partial charge in [0, 0.05) is 52.5 Å². The lowest BCUT2D eigenvalue weighted by molar-refractivity contribution is -0.438. The molecule has 2 saturated carbocycles. The molecule has 2 spiro atoms. The second kappa shape index (κ2) is 15.0. The van der Waals surface area contributed by atoms with E-state index in [0.29, 0.717) is 0 Å². The zero-order valence-electron chi connectivity index (χ0n) is 32.2. The van der Waals surface area contributed by atoms with Crippen LogP contribution in [0.15, 0.2) is 70.4 Å². The van der Waals surface area contributed by atoms with Crippen molar-refractivity contribution >= 4 is 28.7 Å². The molecule has 0 radical (unpaired) electrons. The molecule has 3 aliphatic carbocycles. The zero-order chi connectivity index (χ0) is 35.8. The van der Waals surface area contributed by atoms with E-state index in [2.05, 4.69) is 85.7 Å². The van der Waals surface area contributed by atoms with E-state index in [1.807, 2.05) is 14.2 Å². The number of methoxy groups -OCH3 is 2. The van der Waals surface area contributed by atoms with Gasteiger partial charge >= 0.3 is 0 Å². The fraction of sp³-hybridized carbons (Fsp3) is 0.543. The van der Waals surface area contributed by atoms with Crippen LogP contribution >= 0.6 is 11.6 Å². The fourth-order valence-electron chi connectivity index (χ4n) is 10.2. The summed E-state index contributed by atoms with van der Waals surface area (Å²) in [5.41, 5.74) is 13.7. The number of hydrogen-bond acceptors (Lipinski definition) is 3. The molecule has 0 unspecified atom stereocenters. The van der Waals surface area contributed by atoms with Gasteiger partial charge in [-0.25, -0.2) is 0 Å². The Balaban J connectivity index is 1.27. The van der Waals surface area contributed by atoms with Gasteiger partial charge in [-0.3, -0.25) is 0 Å². The highest BCUT2D eigenvalue weighted by atomic mass is 35.5. The molecule has 2 fully saturated rings. The van der Waals surface area contributed by atoms with Crippen LogP contribution in [0.25, 0.3) is 0 Å². The normalized spacial score (nSPS) is 22.1. The van der Waals surface area contributed by atoms with Gasteiger partial charge in [-0.15, -0.1) is 0 Å². The van der Waals surface area contributed by atoms with Gasteiger partial charge in [0.1, 0.15) is 18.0 Å². The third kappa shape index (κ3) is 6.22. The number of halogens is 1. The fourth-order valence-corrected chi connectivity index (χ4v) is 10.6. The number of ether oxygens (including phenoxy) is 2. The number of hydrogen-bond donors (Lipinski definition) is 0. The molecule has 272 valence electrons. The van der Waals surface area contributed by atoms with Crippen molar-refractivity contribution in [1.82, 2.24) is 0 Å². The van der Waals surface area contributed by atoms with Crippen molar-refractivity contribution in [3.8, 4) is 11.5 Å². The van der Waals surface area contributed by atoms with Gasteiger partial charge in [-0.1, -0.05) is 76.1 Å². The van der Waals surface area contributed by atoms with Crippen molar-refractivity contribution in [2.75, 3.05) is 32.2 Å². The highest BCUT2D eigenvalue weighted by Crippen LogP contribution is 2.58. The Morgan fingerprint density at radius 1 is 0.765 bits per heavy atom. The summed E-state index contributed by atoms with van der Waals surface area (Å²) in [4.78, 5) is 2.64. The molecule has 0 saturated heterocycles. The molecule has 5 heteroatoms. The number of nitrogens with zero attached hydrogens (tertiary/aromatic N) is 2. The standard InChI is InChI=1S/C46H60ClN2O2/c1-7-9-26-48-38-28-32(3)40(50-5)30-36(38)45(22-11-12-23-45)42(48)20-18-34-16-15-17-35(44(34)47)19-21-43-46(24-13-14-25-46)37-31-41(51-6)33(4)29-39(37)49(43)27-10-8-2/h18-21,28-31H,7-17,22-27H2,1-6H3/q+1. The lowest BCUT2D eigenvalue weighted by Gasteiger charge is -2.30. The summed E-state index contributed by atoms with van der Waals surface area (Å²) in [7, 11) is 3.62. The molecular weight excluding hydrogens is 648 g/mol. The Morgan fingerprint density at radius 2 is 1.41 bits per heavy atom. The van der Waals surface area contributed by atoms with E-state index in [4.69, 9.17) is 21.1 Å². The second-order valence-electron chi connectivity index (χ2n) is 15.9. The summed E-state index contributed by atoms with van der Waals surface area (Å²) < 4.78 is 14.4. The number of unbranched alkanes of at least 4 members (excludes halogenated alkanes) is 2. The minimum atomic E-state index is 0.0570. The lowest BCUT2D eigenvalue weighted by Crippen LogP contribution is -2.31. The molecule has 4 nitrogen and oxygen atoms in total. The monoisotopic (exact) mass is 707 g/mol. The van der Waals surface area contributed by atoms with E-state index in [1.54, 1.807) is 0 Å². The first-order chi connectivity index (χ1) is 24.8. The summed E-state index contributed by atoms with van der Waals surface area (Å²) in [6.07, 6.45) is 27.5. The molecule has 2 aromatic rings. The van der Waals surface area contributed by atoms with Crippen LogP contribution in [0.4, 0.5) is 11.4 Å². The van der Waals surface area contributed by atoms with E-state index < -0.39 is 0 Å². The Bertz CT molecular complexity index is 1810. The summed E-state index contributed by atoms with van der Waals surface area (Å²) in [6, 6.07) is 9.48. The number of aryl methyl sites for hydroxylation is 2. The molecule has 0 amide bonds. The van der Waals surface area contributed by atoms with E-state index in [0.717, 1.165) is 48.9 Å². The Kier molecular flexibility index (Phi) is 10.6. The number of rotatable bonds is 11. The summed E-state index contributed by atoms with van der Waals surface area (Å²) in [6.45, 7) is 11.1. The maximum Gasteiger partial charge on any atom is 0.210 e. The van der Waals surface area contributed by atoms with E-state index in [1.165, 1.54) is 133 Å². The maximum absolute atomic E-state index is 7.42. The quantitative estimate of drug-likeness (QED) is 0.217. The second-order valence-corrected chi connectivity index (χ2v) is 16.3. The minimum Gasteiger partial charge on any atom is -0.496 e. The Labute approximate surface area is 313 Å². The largest absolute Gasteiger partial charge is 0.496 e. The van der Waals surface area contributed by atoms with Gasteiger partial charge in [0.2, 0.25) is 5.69 Å². The van der Waals surface area contributed by atoms with Crippen LogP contribution in [0.5, 0.6) is 11.5 Å². The van der Waals surface area contributed by atoms with Gasteiger partial charge in [0.15, 0.2) is 5.71 Å². The summed E-state index contributed by atoms with van der Waals surface area (Å²) in [5.74, 6) is 2.02. The first-order valence-corrected chi connectivity index (χ1v) is 20.5. The van der Waals surface area contributed by atoms with Gasteiger partial charge < -0.3 is 14.4 Å². The maximum atomic E-state index is 7.42. The van der Waals surface area contributed by atoms with Crippen LogP contribution < -0.4 is 14.4 Å². The third-order valence-electron chi connectivity index (χ3n) is 12.9. The molecule has 2 aromatic carbocycles. The Morgan fingerprint density at radius 3 is 2.08 bits per heavy atom. The van der Waals surface area contributed by atoms with Crippen LogP contribution in [-0.2, 0) is 10.8 Å². The van der Waals surface area contributed by atoms with E-state index in [9.17, 15) is 0 Å². The molecule has 0 N–H and O–H groups in total. The van der Waals surface area contributed by atoms with Crippen molar-refractivity contribution in [3.63, 3.8) is 0 Å². The number of benzene rings is 2. The summed E-state index contributed by atoms with van der Waals surface area (Å²) in [5, 5.41) is 0.956. The molecule has 2 heterocycles. The van der Waals surface area contributed by atoms with Crippen LogP contribution in [0.2, 0.25) is 0 Å². The highest BCUT2D eigenvalue weighted by molar-refractivity contribution is 6.32. The molecule has 0 aromatic heterocycles.